The molecule has 0 aliphatic carbocycles. The number of thiophene rings is 1. The van der Waals surface area contributed by atoms with Crippen LogP contribution in [0.3, 0.4) is 0 Å². The summed E-state index contributed by atoms with van der Waals surface area (Å²) in [6.45, 7) is 0. The van der Waals surface area contributed by atoms with Gasteiger partial charge in [-0.15, -0.1) is 11.3 Å². The van der Waals surface area contributed by atoms with Gasteiger partial charge in [-0.2, -0.15) is 29.0 Å². The second-order valence-corrected chi connectivity index (χ2v) is 14.1. The Morgan fingerprint density at radius 1 is 0.655 bits per heavy atom. The third kappa shape index (κ3) is 7.63. The monoisotopic (exact) mass is 784 g/mol. The van der Waals surface area contributed by atoms with Gasteiger partial charge in [0.25, 0.3) is 5.60 Å². The molecule has 1 aliphatic rings. The van der Waals surface area contributed by atoms with E-state index in [4.69, 9.17) is 9.47 Å². The third-order valence-electron chi connectivity index (χ3n) is 9.49. The Morgan fingerprint density at radius 3 is 1.71 bits per heavy atom. The van der Waals surface area contributed by atoms with Crippen LogP contribution in [0.15, 0.2) is 174 Å². The highest BCUT2D eigenvalue weighted by Gasteiger charge is 2.65. The molecule has 0 saturated heterocycles. The highest BCUT2D eigenvalue weighted by molar-refractivity contribution is 7.13. The summed E-state index contributed by atoms with van der Waals surface area (Å²) in [7, 11) is 1.64. The van der Waals surface area contributed by atoms with Crippen LogP contribution in [0.25, 0.3) is 29.4 Å². The van der Waals surface area contributed by atoms with E-state index in [-0.39, 0.29) is 5.56 Å². The lowest BCUT2D eigenvalue weighted by molar-refractivity contribution is -0.249. The molecule has 1 atom stereocenters. The second-order valence-electron chi connectivity index (χ2n) is 12.9. The van der Waals surface area contributed by atoms with E-state index in [1.807, 2.05) is 84.9 Å². The lowest BCUT2D eigenvalue weighted by Crippen LogP contribution is -2.43. The lowest BCUT2D eigenvalue weighted by Gasteiger charge is -2.33. The van der Waals surface area contributed by atoms with Crippen molar-refractivity contribution in [2.24, 2.45) is 0 Å². The summed E-state index contributed by atoms with van der Waals surface area (Å²) in [4.78, 5) is 3.60. The molecule has 1 unspecified atom stereocenters. The van der Waals surface area contributed by atoms with Crippen molar-refractivity contribution in [2.75, 3.05) is 12.0 Å². The number of alkyl halides is 3. The van der Waals surface area contributed by atoms with Gasteiger partial charge in [0.2, 0.25) is 0 Å². The molecule has 0 saturated carbocycles. The molecule has 1 aliphatic heterocycles. The zero-order valence-corrected chi connectivity index (χ0v) is 31.6. The van der Waals surface area contributed by atoms with Crippen molar-refractivity contribution in [1.82, 2.24) is 0 Å². The summed E-state index contributed by atoms with van der Waals surface area (Å²) in [5.41, 5.74) is 0.850. The van der Waals surface area contributed by atoms with Crippen LogP contribution in [-0.2, 0) is 10.3 Å². The molecule has 10 heteroatoms. The van der Waals surface area contributed by atoms with Gasteiger partial charge in [0.1, 0.15) is 29.5 Å². The zero-order valence-electron chi connectivity index (χ0n) is 30.8. The van der Waals surface area contributed by atoms with E-state index in [2.05, 4.69) is 41.3 Å². The molecule has 1 aromatic heterocycles. The van der Waals surface area contributed by atoms with Crippen LogP contribution in [0, 0.1) is 34.0 Å². The molecule has 0 spiro atoms. The van der Waals surface area contributed by atoms with Gasteiger partial charge < -0.3 is 14.4 Å². The minimum atomic E-state index is -5.06. The number of ether oxygens (including phenoxy) is 2. The van der Waals surface area contributed by atoms with Crippen molar-refractivity contribution in [3.05, 3.63) is 195 Å². The van der Waals surface area contributed by atoms with Gasteiger partial charge in [0.15, 0.2) is 11.3 Å². The van der Waals surface area contributed by atoms with Crippen molar-refractivity contribution in [3.8, 4) is 35.1 Å². The van der Waals surface area contributed by atoms with Crippen LogP contribution < -0.4 is 9.64 Å². The number of nitrogens with zero attached hydrogens (tertiary/aromatic N) is 4. The zero-order chi connectivity index (χ0) is 40.7. The number of hydrogen-bond donors (Lipinski definition) is 0. The Labute approximate surface area is 337 Å². The van der Waals surface area contributed by atoms with Gasteiger partial charge in [-0.1, -0.05) is 97.1 Å². The third-order valence-corrected chi connectivity index (χ3v) is 10.5. The first kappa shape index (κ1) is 38.7. The average Bonchev–Trinajstić information content (AvgIpc) is 3.87. The first-order chi connectivity index (χ1) is 28.2. The Balaban J connectivity index is 1.16. The van der Waals surface area contributed by atoms with Gasteiger partial charge in [0.05, 0.1) is 7.11 Å². The summed E-state index contributed by atoms with van der Waals surface area (Å²) in [6, 6.07) is 49.9. The number of benzene rings is 5. The van der Waals surface area contributed by atoms with Crippen molar-refractivity contribution in [1.29, 1.82) is 15.8 Å². The number of rotatable bonds is 10. The maximum absolute atomic E-state index is 15.1. The van der Waals surface area contributed by atoms with Gasteiger partial charge in [-0.25, -0.2) is 0 Å². The van der Waals surface area contributed by atoms with Crippen LogP contribution in [-0.4, -0.2) is 13.3 Å². The number of nitriles is 3. The molecule has 0 fully saturated rings. The smallest absolute Gasteiger partial charge is 0.437 e. The van der Waals surface area contributed by atoms with Crippen LogP contribution in [0.1, 0.15) is 20.9 Å². The minimum absolute atomic E-state index is 0.297. The number of hydrogen-bond acceptors (Lipinski definition) is 7. The van der Waals surface area contributed by atoms with Gasteiger partial charge in [0, 0.05) is 38.0 Å². The van der Waals surface area contributed by atoms with E-state index in [1.165, 1.54) is 47.8 Å². The van der Waals surface area contributed by atoms with E-state index in [1.54, 1.807) is 37.5 Å². The Kier molecular flexibility index (Phi) is 11.1. The lowest BCUT2D eigenvalue weighted by atomic mass is 9.84. The van der Waals surface area contributed by atoms with Crippen LogP contribution in [0.5, 0.6) is 5.75 Å². The van der Waals surface area contributed by atoms with Crippen LogP contribution >= 0.6 is 11.3 Å². The first-order valence-electron chi connectivity index (χ1n) is 17.9. The van der Waals surface area contributed by atoms with E-state index < -0.39 is 34.3 Å². The predicted octanol–water partition coefficient (Wildman–Crippen LogP) is 12.7. The number of allylic oxidation sites excluding steroid dienone is 2. The topological polar surface area (TPSA) is 93.1 Å². The quantitative estimate of drug-likeness (QED) is 0.128. The molecular weight excluding hydrogens is 754 g/mol. The number of anilines is 3. The van der Waals surface area contributed by atoms with Crippen molar-refractivity contribution < 1.29 is 22.6 Å². The largest absolute Gasteiger partial charge is 0.497 e. The van der Waals surface area contributed by atoms with E-state index in [0.29, 0.717) is 4.88 Å². The van der Waals surface area contributed by atoms with Gasteiger partial charge in [-0.05, 0) is 89.5 Å². The molecule has 282 valence electrons. The molecule has 0 amide bonds. The molecule has 6 nitrogen and oxygen atoms in total. The number of halogens is 3. The van der Waals surface area contributed by atoms with Crippen molar-refractivity contribution >= 4 is 46.6 Å². The molecule has 6 aromatic rings. The summed E-state index contributed by atoms with van der Waals surface area (Å²) in [5, 5.41) is 29.1. The summed E-state index contributed by atoms with van der Waals surface area (Å²) >= 11 is 1.33. The molecule has 7 rings (SSSR count). The van der Waals surface area contributed by atoms with Gasteiger partial charge in [-0.3, -0.25) is 0 Å². The van der Waals surface area contributed by atoms with E-state index >= 15 is 13.2 Å². The maximum atomic E-state index is 15.1. The standard InChI is InChI=1S/C48H31F3N4O2S/c1-56-41-23-21-40(22-24-41)55(39-19-15-35(16-20-39)34-8-4-2-5-9-34)38-17-12-33(13-18-38)14-25-42-26-27-43(58-42)28-29-45-44(32-54)46(36(30-52)31-53)57-47(45,48(49,50)51)37-10-6-3-7-11-37/h2-29H,1H3/b25-14+,29-28+. The Hall–Kier alpha value is -7.58. The molecule has 0 bridgehead atoms. The Morgan fingerprint density at radius 2 is 1.17 bits per heavy atom. The van der Waals surface area contributed by atoms with Crippen molar-refractivity contribution in [3.63, 3.8) is 0 Å². The maximum Gasteiger partial charge on any atom is 0.437 e. The van der Waals surface area contributed by atoms with E-state index in [0.717, 1.165) is 44.4 Å². The average molecular weight is 785 g/mol. The molecule has 5 aromatic carbocycles. The minimum Gasteiger partial charge on any atom is -0.497 e. The highest BCUT2D eigenvalue weighted by atomic mass is 32.1. The molecular formula is C48H31F3N4O2S. The summed E-state index contributed by atoms with van der Waals surface area (Å²) in [6.07, 6.45) is 1.45. The molecule has 0 radical (unpaired) electrons. The first-order valence-corrected chi connectivity index (χ1v) is 18.7. The van der Waals surface area contributed by atoms with Crippen molar-refractivity contribution in [2.45, 2.75) is 11.8 Å². The highest BCUT2D eigenvalue weighted by Crippen LogP contribution is 2.56. The fourth-order valence-electron chi connectivity index (χ4n) is 6.67. The van der Waals surface area contributed by atoms with E-state index in [9.17, 15) is 15.8 Å². The summed E-state index contributed by atoms with van der Waals surface area (Å²) < 4.78 is 56.3. The fraction of sp³-hybridized carbons (Fsp3) is 0.0625. The predicted molar refractivity (Wildman–Crippen MR) is 222 cm³/mol. The Bertz CT molecular complexity index is 2660. The summed E-state index contributed by atoms with van der Waals surface area (Å²) in [5.74, 6) is 0.0484. The second kappa shape index (κ2) is 16.6. The molecule has 58 heavy (non-hydrogen) atoms. The SMILES string of the molecule is COc1ccc(N(c2ccc(/C=C/c3ccc(/C=C/C4=C(C#N)C(=C(C#N)C#N)OC4(c4ccccc4)C(F)(F)F)s3)cc2)c2ccc(-c3ccccc3)cc2)cc1. The molecule has 2 heterocycles. The van der Waals surface area contributed by atoms with Gasteiger partial charge >= 0.3 is 6.18 Å². The molecule has 0 N–H and O–H groups in total. The normalized spacial score (nSPS) is 15.2. The van der Waals surface area contributed by atoms with Crippen LogP contribution in [0.2, 0.25) is 0 Å². The fourth-order valence-corrected chi connectivity index (χ4v) is 7.49. The number of methoxy groups -OCH3 is 1. The van der Waals surface area contributed by atoms with Crippen LogP contribution in [0.4, 0.5) is 30.2 Å².